The number of benzene rings is 1. The molecule has 0 spiro atoms. The lowest BCUT2D eigenvalue weighted by Crippen LogP contribution is -2.25. The molecule has 2 rings (SSSR count). The van der Waals surface area contributed by atoms with Crippen molar-refractivity contribution in [2.24, 2.45) is 0 Å². The molecule has 0 amide bonds. The fraction of sp³-hybridized carbons (Fsp3) is 0.294. The first-order valence-corrected chi connectivity index (χ1v) is 7.93. The van der Waals surface area contributed by atoms with E-state index in [1.54, 1.807) is 6.92 Å². The summed E-state index contributed by atoms with van der Waals surface area (Å²) in [6.07, 6.45) is -4.42. The highest BCUT2D eigenvalue weighted by Gasteiger charge is 2.38. The van der Waals surface area contributed by atoms with Gasteiger partial charge in [0, 0.05) is 6.20 Å². The van der Waals surface area contributed by atoms with E-state index in [0.717, 1.165) is 12.3 Å². The van der Waals surface area contributed by atoms with E-state index >= 15 is 0 Å². The van der Waals surface area contributed by atoms with Crippen LogP contribution in [-0.4, -0.2) is 23.7 Å². The quantitative estimate of drug-likeness (QED) is 0.659. The van der Waals surface area contributed by atoms with Crippen LogP contribution in [0.1, 0.15) is 19.4 Å². The van der Waals surface area contributed by atoms with Gasteiger partial charge in [-0.3, -0.25) is 0 Å². The summed E-state index contributed by atoms with van der Waals surface area (Å²) >= 11 is 5.61. The fourth-order valence-corrected chi connectivity index (χ4v) is 2.21. The molecule has 1 heterocycles. The second-order valence-electron chi connectivity index (χ2n) is 5.06. The number of rotatable bonds is 6. The molecular formula is C17H15ClF3NO4. The van der Waals surface area contributed by atoms with Gasteiger partial charge in [-0.15, -0.1) is 0 Å². The number of aromatic nitrogens is 1. The lowest BCUT2D eigenvalue weighted by atomic mass is 10.2. The molecule has 0 aliphatic heterocycles. The fourth-order valence-electron chi connectivity index (χ4n) is 1.96. The minimum atomic E-state index is -4.71. The van der Waals surface area contributed by atoms with Crippen LogP contribution in [0.2, 0.25) is 5.02 Å². The van der Waals surface area contributed by atoms with Gasteiger partial charge in [0.15, 0.2) is 6.10 Å². The van der Waals surface area contributed by atoms with E-state index in [-0.39, 0.29) is 12.4 Å². The Hall–Kier alpha value is -2.48. The topological polar surface area (TPSA) is 57.7 Å². The second-order valence-corrected chi connectivity index (χ2v) is 5.46. The third-order valence-electron chi connectivity index (χ3n) is 3.12. The van der Waals surface area contributed by atoms with Crippen LogP contribution in [0.5, 0.6) is 17.4 Å². The van der Waals surface area contributed by atoms with Gasteiger partial charge in [0.25, 0.3) is 0 Å². The summed E-state index contributed by atoms with van der Waals surface area (Å²) in [5.74, 6) is -0.751. The number of pyridine rings is 1. The van der Waals surface area contributed by atoms with Gasteiger partial charge in [-0.1, -0.05) is 11.6 Å². The molecule has 9 heteroatoms. The smallest absolute Gasteiger partial charge is 0.423 e. The lowest BCUT2D eigenvalue weighted by molar-refractivity contribution is -0.150. The van der Waals surface area contributed by atoms with Gasteiger partial charge in [-0.2, -0.15) is 13.2 Å². The Bertz CT molecular complexity index is 766. The van der Waals surface area contributed by atoms with E-state index in [2.05, 4.69) is 4.98 Å². The van der Waals surface area contributed by atoms with Gasteiger partial charge in [0.05, 0.1) is 11.6 Å². The van der Waals surface area contributed by atoms with Crippen LogP contribution in [-0.2, 0) is 15.7 Å². The summed E-state index contributed by atoms with van der Waals surface area (Å²) in [5, 5.41) is -0.509. The van der Waals surface area contributed by atoms with Crippen LogP contribution < -0.4 is 9.47 Å². The third-order valence-corrected chi connectivity index (χ3v) is 3.43. The molecule has 0 fully saturated rings. The normalized spacial score (nSPS) is 12.4. The molecule has 140 valence electrons. The van der Waals surface area contributed by atoms with E-state index in [1.807, 2.05) is 0 Å². The van der Waals surface area contributed by atoms with Crippen molar-refractivity contribution in [1.82, 2.24) is 4.98 Å². The van der Waals surface area contributed by atoms with E-state index in [1.165, 1.54) is 31.2 Å². The minimum Gasteiger partial charge on any atom is -0.479 e. The van der Waals surface area contributed by atoms with Crippen molar-refractivity contribution in [3.8, 4) is 17.4 Å². The molecule has 1 unspecified atom stereocenters. The Morgan fingerprint density at radius 3 is 2.38 bits per heavy atom. The molecule has 1 atom stereocenters. The van der Waals surface area contributed by atoms with Gasteiger partial charge in [-0.25, -0.2) is 9.78 Å². The van der Waals surface area contributed by atoms with Gasteiger partial charge in [0.2, 0.25) is 5.88 Å². The van der Waals surface area contributed by atoms with Gasteiger partial charge < -0.3 is 14.2 Å². The van der Waals surface area contributed by atoms with Crippen LogP contribution >= 0.6 is 11.6 Å². The zero-order chi connectivity index (χ0) is 19.3. The van der Waals surface area contributed by atoms with Crippen molar-refractivity contribution in [3.63, 3.8) is 0 Å². The maximum atomic E-state index is 13.1. The van der Waals surface area contributed by atoms with E-state index < -0.39 is 34.7 Å². The zero-order valence-electron chi connectivity index (χ0n) is 13.8. The number of carbonyl (C=O) groups excluding carboxylic acids is 1. The molecule has 1 aromatic carbocycles. The second kappa shape index (κ2) is 8.27. The summed E-state index contributed by atoms with van der Waals surface area (Å²) in [6, 6.07) is 6.70. The van der Waals surface area contributed by atoms with Crippen LogP contribution in [0.3, 0.4) is 0 Å². The predicted molar refractivity (Wildman–Crippen MR) is 87.5 cm³/mol. The SMILES string of the molecule is CCOC(=O)C(C)Oc1ccc(Oc2nccc(Cl)c2C(F)(F)F)cc1. The minimum absolute atomic E-state index is 0.0985. The molecule has 0 radical (unpaired) electrons. The summed E-state index contributed by atoms with van der Waals surface area (Å²) < 4.78 is 54.7. The van der Waals surface area contributed by atoms with Crippen LogP contribution in [0.15, 0.2) is 36.5 Å². The van der Waals surface area contributed by atoms with E-state index in [0.29, 0.717) is 5.75 Å². The molecule has 0 N–H and O–H groups in total. The molecule has 0 aliphatic rings. The van der Waals surface area contributed by atoms with Crippen LogP contribution in [0.4, 0.5) is 13.2 Å². The van der Waals surface area contributed by atoms with Crippen molar-refractivity contribution in [1.29, 1.82) is 0 Å². The first-order valence-electron chi connectivity index (χ1n) is 7.55. The average Bonchev–Trinajstić information content (AvgIpc) is 2.55. The highest BCUT2D eigenvalue weighted by Crippen LogP contribution is 2.41. The van der Waals surface area contributed by atoms with Crippen molar-refractivity contribution >= 4 is 17.6 Å². The largest absolute Gasteiger partial charge is 0.479 e. The molecule has 5 nitrogen and oxygen atoms in total. The molecule has 2 aromatic rings. The Labute approximate surface area is 152 Å². The third kappa shape index (κ3) is 5.01. The Morgan fingerprint density at radius 2 is 1.81 bits per heavy atom. The number of nitrogens with zero attached hydrogens (tertiary/aromatic N) is 1. The highest BCUT2D eigenvalue weighted by atomic mass is 35.5. The number of esters is 1. The Balaban J connectivity index is 2.13. The highest BCUT2D eigenvalue weighted by molar-refractivity contribution is 6.31. The van der Waals surface area contributed by atoms with Gasteiger partial charge in [-0.05, 0) is 44.2 Å². The molecule has 0 saturated carbocycles. The maximum absolute atomic E-state index is 13.1. The van der Waals surface area contributed by atoms with Crippen molar-refractivity contribution in [2.45, 2.75) is 26.1 Å². The molecule has 1 aromatic heterocycles. The maximum Gasteiger partial charge on any atom is 0.423 e. The Morgan fingerprint density at radius 1 is 1.19 bits per heavy atom. The predicted octanol–water partition coefficient (Wildman–Crippen LogP) is 4.88. The first-order chi connectivity index (χ1) is 12.2. The van der Waals surface area contributed by atoms with Crippen molar-refractivity contribution < 1.29 is 32.2 Å². The Kier molecular flexibility index (Phi) is 6.31. The van der Waals surface area contributed by atoms with E-state index in [4.69, 9.17) is 25.8 Å². The summed E-state index contributed by atoms with van der Waals surface area (Å²) in [6.45, 7) is 3.43. The number of carbonyl (C=O) groups is 1. The van der Waals surface area contributed by atoms with Gasteiger partial charge in [0.1, 0.15) is 17.1 Å². The zero-order valence-corrected chi connectivity index (χ0v) is 14.6. The monoisotopic (exact) mass is 389 g/mol. The molecule has 0 saturated heterocycles. The molecule has 0 aliphatic carbocycles. The number of halogens is 4. The average molecular weight is 390 g/mol. The summed E-state index contributed by atoms with van der Waals surface area (Å²) in [4.78, 5) is 15.1. The first kappa shape index (κ1) is 19.8. The van der Waals surface area contributed by atoms with Crippen molar-refractivity contribution in [3.05, 3.63) is 47.1 Å². The molecule has 0 bridgehead atoms. The number of alkyl halides is 3. The summed E-state index contributed by atoms with van der Waals surface area (Å²) in [7, 11) is 0. The number of hydrogen-bond donors (Lipinski definition) is 0. The molecule has 26 heavy (non-hydrogen) atoms. The standard InChI is InChI=1S/C17H15ClF3NO4/c1-3-24-16(23)10(2)25-11-4-6-12(7-5-11)26-15-14(17(19,20)21)13(18)8-9-22-15/h4-10H,3H2,1-2H3. The number of ether oxygens (including phenoxy) is 3. The van der Waals surface area contributed by atoms with Crippen LogP contribution in [0, 0.1) is 0 Å². The van der Waals surface area contributed by atoms with E-state index in [9.17, 15) is 18.0 Å². The van der Waals surface area contributed by atoms with Crippen molar-refractivity contribution in [2.75, 3.05) is 6.61 Å². The number of hydrogen-bond acceptors (Lipinski definition) is 5. The van der Waals surface area contributed by atoms with Crippen LogP contribution in [0.25, 0.3) is 0 Å². The summed E-state index contributed by atoms with van der Waals surface area (Å²) in [5.41, 5.74) is -1.15. The lowest BCUT2D eigenvalue weighted by Gasteiger charge is -2.15. The molecular weight excluding hydrogens is 375 g/mol. The van der Waals surface area contributed by atoms with Gasteiger partial charge >= 0.3 is 12.1 Å².